The first-order chi connectivity index (χ1) is 12.1. The van der Waals surface area contributed by atoms with Gasteiger partial charge in [-0.05, 0) is 36.2 Å². The standard InChI is InChI=1S/C19H16N4OS/c1-12-10-17(24)22(2)11-15(12)18-20-21-19(25)23(18)16-9-5-7-13-6-3-4-8-14(13)16/h3-11H,1-2H3,(H,21,25). The van der Waals surface area contributed by atoms with E-state index in [2.05, 4.69) is 28.4 Å². The highest BCUT2D eigenvalue weighted by Crippen LogP contribution is 2.28. The summed E-state index contributed by atoms with van der Waals surface area (Å²) in [5.41, 5.74) is 2.63. The number of rotatable bonds is 2. The lowest BCUT2D eigenvalue weighted by Crippen LogP contribution is -2.16. The number of aromatic amines is 1. The summed E-state index contributed by atoms with van der Waals surface area (Å²) >= 11 is 5.50. The molecule has 0 aliphatic carbocycles. The lowest BCUT2D eigenvalue weighted by Gasteiger charge is -2.12. The summed E-state index contributed by atoms with van der Waals surface area (Å²) < 4.78 is 3.98. The van der Waals surface area contributed by atoms with Gasteiger partial charge in [0.1, 0.15) is 0 Å². The zero-order valence-electron chi connectivity index (χ0n) is 13.9. The molecule has 0 atom stereocenters. The molecular formula is C19H16N4OS. The van der Waals surface area contributed by atoms with E-state index in [1.165, 1.54) is 0 Å². The van der Waals surface area contributed by atoms with Crippen LogP contribution >= 0.6 is 12.2 Å². The van der Waals surface area contributed by atoms with Crippen molar-refractivity contribution in [2.75, 3.05) is 0 Å². The number of hydrogen-bond acceptors (Lipinski definition) is 3. The molecule has 2 aromatic heterocycles. The van der Waals surface area contributed by atoms with Crippen molar-refractivity contribution < 1.29 is 0 Å². The molecule has 0 bridgehead atoms. The first-order valence-corrected chi connectivity index (χ1v) is 8.30. The number of nitrogens with one attached hydrogen (secondary N) is 1. The molecule has 4 rings (SSSR count). The number of fused-ring (bicyclic) bond motifs is 1. The van der Waals surface area contributed by atoms with E-state index >= 15 is 0 Å². The van der Waals surface area contributed by atoms with Crippen LogP contribution in [0.3, 0.4) is 0 Å². The fraction of sp³-hybridized carbons (Fsp3) is 0.105. The Morgan fingerprint density at radius 1 is 1.12 bits per heavy atom. The average Bonchev–Trinajstić information content (AvgIpc) is 2.99. The Bertz CT molecular complexity index is 1210. The summed E-state index contributed by atoms with van der Waals surface area (Å²) in [7, 11) is 1.73. The van der Waals surface area contributed by atoms with Gasteiger partial charge >= 0.3 is 0 Å². The van der Waals surface area contributed by atoms with Gasteiger partial charge in [-0.2, -0.15) is 5.10 Å². The van der Waals surface area contributed by atoms with E-state index in [4.69, 9.17) is 12.2 Å². The van der Waals surface area contributed by atoms with Gasteiger partial charge in [0.25, 0.3) is 5.56 Å². The van der Waals surface area contributed by atoms with Gasteiger partial charge in [-0.3, -0.25) is 14.5 Å². The van der Waals surface area contributed by atoms with Crippen LogP contribution in [-0.4, -0.2) is 19.3 Å². The number of hydrogen-bond donors (Lipinski definition) is 1. The average molecular weight is 348 g/mol. The molecule has 124 valence electrons. The molecule has 5 nitrogen and oxygen atoms in total. The molecule has 0 amide bonds. The maximum Gasteiger partial charge on any atom is 0.250 e. The van der Waals surface area contributed by atoms with E-state index in [0.29, 0.717) is 10.6 Å². The Labute approximate surface area is 149 Å². The number of benzene rings is 2. The molecular weight excluding hydrogens is 332 g/mol. The predicted octanol–water partition coefficient (Wildman–Crippen LogP) is 3.76. The number of nitrogens with zero attached hydrogens (tertiary/aromatic N) is 3. The van der Waals surface area contributed by atoms with Crippen molar-refractivity contribution in [1.29, 1.82) is 0 Å². The maximum absolute atomic E-state index is 11.9. The minimum atomic E-state index is -0.0490. The number of pyridine rings is 1. The van der Waals surface area contributed by atoms with Crippen molar-refractivity contribution in [3.05, 3.63) is 75.4 Å². The van der Waals surface area contributed by atoms with E-state index in [0.717, 1.165) is 27.6 Å². The molecule has 0 saturated carbocycles. The topological polar surface area (TPSA) is 55.6 Å². The normalized spacial score (nSPS) is 11.1. The Morgan fingerprint density at radius 3 is 2.72 bits per heavy atom. The van der Waals surface area contributed by atoms with Crippen LogP contribution in [0.25, 0.3) is 27.8 Å². The third kappa shape index (κ3) is 2.51. The second-order valence-corrected chi connectivity index (χ2v) is 6.39. The Kier molecular flexibility index (Phi) is 3.62. The number of H-pyrrole nitrogens is 1. The highest BCUT2D eigenvalue weighted by atomic mass is 32.1. The second-order valence-electron chi connectivity index (χ2n) is 6.01. The van der Waals surface area contributed by atoms with Crippen LogP contribution in [0.15, 0.2) is 59.5 Å². The summed E-state index contributed by atoms with van der Waals surface area (Å²) in [4.78, 5) is 11.9. The van der Waals surface area contributed by atoms with Crippen LogP contribution in [0.4, 0.5) is 0 Å². The largest absolute Gasteiger partial charge is 0.318 e. The van der Waals surface area contributed by atoms with Gasteiger partial charge < -0.3 is 4.57 Å². The predicted molar refractivity (Wildman–Crippen MR) is 102 cm³/mol. The van der Waals surface area contributed by atoms with Crippen LogP contribution in [0.1, 0.15) is 5.56 Å². The van der Waals surface area contributed by atoms with Gasteiger partial charge in [0.2, 0.25) is 0 Å². The smallest absolute Gasteiger partial charge is 0.250 e. The fourth-order valence-electron chi connectivity index (χ4n) is 3.06. The van der Waals surface area contributed by atoms with Crippen molar-refractivity contribution >= 4 is 23.0 Å². The third-order valence-electron chi connectivity index (χ3n) is 4.36. The summed E-state index contributed by atoms with van der Waals surface area (Å²) in [6.45, 7) is 1.90. The lowest BCUT2D eigenvalue weighted by molar-refractivity contribution is 0.854. The van der Waals surface area contributed by atoms with E-state index in [-0.39, 0.29) is 5.56 Å². The first-order valence-electron chi connectivity index (χ1n) is 7.89. The summed E-state index contributed by atoms with van der Waals surface area (Å²) in [5, 5.41) is 9.54. The number of aromatic nitrogens is 4. The van der Waals surface area contributed by atoms with Crippen molar-refractivity contribution in [2.45, 2.75) is 6.92 Å². The summed E-state index contributed by atoms with van der Waals surface area (Å²) in [6.07, 6.45) is 1.80. The summed E-state index contributed by atoms with van der Waals surface area (Å²) in [5.74, 6) is 0.689. The molecule has 6 heteroatoms. The fourth-order valence-corrected chi connectivity index (χ4v) is 3.29. The van der Waals surface area contributed by atoms with E-state index in [9.17, 15) is 4.79 Å². The van der Waals surface area contributed by atoms with Gasteiger partial charge in [-0.25, -0.2) is 0 Å². The van der Waals surface area contributed by atoms with E-state index in [1.807, 2.05) is 35.8 Å². The first kappa shape index (κ1) is 15.5. The van der Waals surface area contributed by atoms with Crippen molar-refractivity contribution in [2.24, 2.45) is 7.05 Å². The van der Waals surface area contributed by atoms with Crippen LogP contribution < -0.4 is 5.56 Å². The molecule has 2 heterocycles. The Morgan fingerprint density at radius 2 is 1.88 bits per heavy atom. The van der Waals surface area contributed by atoms with Crippen molar-refractivity contribution in [3.63, 3.8) is 0 Å². The van der Waals surface area contributed by atoms with Crippen LogP contribution in [-0.2, 0) is 7.05 Å². The third-order valence-corrected chi connectivity index (χ3v) is 4.63. The molecule has 0 radical (unpaired) electrons. The molecule has 0 aliphatic heterocycles. The van der Waals surface area contributed by atoms with Crippen molar-refractivity contribution in [3.8, 4) is 17.1 Å². The van der Waals surface area contributed by atoms with E-state index < -0.39 is 0 Å². The zero-order valence-corrected chi connectivity index (χ0v) is 14.7. The molecule has 0 saturated heterocycles. The maximum atomic E-state index is 11.9. The molecule has 0 fully saturated rings. The quantitative estimate of drug-likeness (QED) is 0.561. The van der Waals surface area contributed by atoms with Gasteiger partial charge in [0.15, 0.2) is 10.6 Å². The minimum Gasteiger partial charge on any atom is -0.318 e. The molecule has 1 N–H and O–H groups in total. The highest BCUT2D eigenvalue weighted by Gasteiger charge is 2.15. The Hall–Kier alpha value is -2.99. The van der Waals surface area contributed by atoms with Gasteiger partial charge in [0.05, 0.1) is 5.69 Å². The number of aryl methyl sites for hydroxylation is 2. The van der Waals surface area contributed by atoms with Gasteiger partial charge in [-0.15, -0.1) is 0 Å². The van der Waals surface area contributed by atoms with Crippen LogP contribution in [0.5, 0.6) is 0 Å². The van der Waals surface area contributed by atoms with Crippen LogP contribution in [0, 0.1) is 11.7 Å². The molecule has 0 aliphatic rings. The monoisotopic (exact) mass is 348 g/mol. The molecule has 0 spiro atoms. The second kappa shape index (κ2) is 5.82. The van der Waals surface area contributed by atoms with Crippen LogP contribution in [0.2, 0.25) is 0 Å². The molecule has 0 unspecified atom stereocenters. The molecule has 4 aromatic rings. The molecule has 2 aromatic carbocycles. The van der Waals surface area contributed by atoms with E-state index in [1.54, 1.807) is 23.9 Å². The van der Waals surface area contributed by atoms with Gasteiger partial charge in [0, 0.05) is 30.3 Å². The van der Waals surface area contributed by atoms with Gasteiger partial charge in [-0.1, -0.05) is 36.4 Å². The Balaban J connectivity index is 2.06. The summed E-state index contributed by atoms with van der Waals surface area (Å²) in [6, 6.07) is 15.9. The zero-order chi connectivity index (χ0) is 17.6. The molecule has 25 heavy (non-hydrogen) atoms. The van der Waals surface area contributed by atoms with Crippen molar-refractivity contribution in [1.82, 2.24) is 19.3 Å². The highest BCUT2D eigenvalue weighted by molar-refractivity contribution is 7.71. The minimum absolute atomic E-state index is 0.0490. The lowest BCUT2D eigenvalue weighted by atomic mass is 10.1. The SMILES string of the molecule is Cc1cc(=O)n(C)cc1-c1n[nH]c(=S)n1-c1cccc2ccccc12.